The van der Waals surface area contributed by atoms with Crippen LogP contribution in [-0.4, -0.2) is 37.1 Å². The number of rotatable bonds is 6. The summed E-state index contributed by atoms with van der Waals surface area (Å²) in [5.74, 6) is 0. The van der Waals surface area contributed by atoms with Crippen LogP contribution in [0, 0.1) is 0 Å². The first-order chi connectivity index (χ1) is 9.58. The minimum absolute atomic E-state index is 0.208. The number of aliphatic hydroxyl groups is 1. The lowest BCUT2D eigenvalue weighted by molar-refractivity contribution is -0.136. The summed E-state index contributed by atoms with van der Waals surface area (Å²) in [7, 11) is -4.21. The Morgan fingerprint density at radius 2 is 1.76 bits per heavy atom. The molecule has 1 N–H and O–H groups in total. The second-order valence-electron chi connectivity index (χ2n) is 4.70. The van der Waals surface area contributed by atoms with Crippen LogP contribution >= 0.6 is 0 Å². The second-order valence-corrected chi connectivity index (χ2v) is 6.64. The van der Waals surface area contributed by atoms with Gasteiger partial charge in [-0.25, -0.2) is 8.42 Å². The van der Waals surface area contributed by atoms with Crippen LogP contribution in [0.2, 0.25) is 0 Å². The van der Waals surface area contributed by atoms with Crippen LogP contribution < -0.4 is 0 Å². The topological polar surface area (TPSA) is 57.6 Å². The zero-order chi connectivity index (χ0) is 16.3. The molecule has 1 aromatic carbocycles. The number of aliphatic hydroxyl groups excluding tert-OH is 1. The maximum absolute atomic E-state index is 12.5. The van der Waals surface area contributed by atoms with E-state index in [-0.39, 0.29) is 17.9 Å². The third-order valence-electron chi connectivity index (χ3n) is 2.83. The van der Waals surface area contributed by atoms with E-state index in [4.69, 9.17) is 0 Å². The average molecular weight is 325 g/mol. The van der Waals surface area contributed by atoms with Gasteiger partial charge in [-0.2, -0.15) is 17.5 Å². The number of benzene rings is 1. The Morgan fingerprint density at radius 3 is 2.14 bits per heavy atom. The number of sulfonamides is 1. The second kappa shape index (κ2) is 6.76. The molecule has 0 heterocycles. The predicted octanol–water partition coefficient (Wildman–Crippen LogP) is 2.70. The first-order valence-electron chi connectivity index (χ1n) is 6.43. The SMILES string of the molecule is CCCN(CC(F)(F)F)S(=O)(=O)c1ccc(C(C)O)cc1. The molecule has 0 saturated carbocycles. The van der Waals surface area contributed by atoms with Gasteiger partial charge in [-0.05, 0) is 31.0 Å². The number of hydrogen-bond donors (Lipinski definition) is 1. The summed E-state index contributed by atoms with van der Waals surface area (Å²) in [6, 6.07) is 5.18. The third kappa shape index (κ3) is 4.98. The van der Waals surface area contributed by atoms with E-state index in [2.05, 4.69) is 0 Å². The first-order valence-corrected chi connectivity index (χ1v) is 7.87. The molecule has 1 atom stereocenters. The molecule has 8 heteroatoms. The van der Waals surface area contributed by atoms with Gasteiger partial charge in [0.15, 0.2) is 0 Å². The number of halogens is 3. The summed E-state index contributed by atoms with van der Waals surface area (Å²) in [6.07, 6.45) is -5.09. The number of hydrogen-bond acceptors (Lipinski definition) is 3. The highest BCUT2D eigenvalue weighted by atomic mass is 32.2. The van der Waals surface area contributed by atoms with Crippen molar-refractivity contribution in [2.45, 2.75) is 37.4 Å². The smallest absolute Gasteiger partial charge is 0.389 e. The lowest BCUT2D eigenvalue weighted by Gasteiger charge is -2.23. The molecule has 21 heavy (non-hydrogen) atoms. The van der Waals surface area contributed by atoms with Crippen molar-refractivity contribution in [3.05, 3.63) is 29.8 Å². The van der Waals surface area contributed by atoms with Crippen molar-refractivity contribution in [3.8, 4) is 0 Å². The largest absolute Gasteiger partial charge is 0.402 e. The normalized spacial score (nSPS) is 14.4. The van der Waals surface area contributed by atoms with E-state index in [1.807, 2.05) is 0 Å². The number of nitrogens with zero attached hydrogens (tertiary/aromatic N) is 1. The Hall–Kier alpha value is -1.12. The Bertz CT molecular complexity index is 553. The van der Waals surface area contributed by atoms with Gasteiger partial charge in [0.25, 0.3) is 0 Å². The monoisotopic (exact) mass is 325 g/mol. The maximum Gasteiger partial charge on any atom is 0.402 e. The highest BCUT2D eigenvalue weighted by Crippen LogP contribution is 2.24. The van der Waals surface area contributed by atoms with Crippen LogP contribution in [-0.2, 0) is 10.0 Å². The maximum atomic E-state index is 12.5. The van der Waals surface area contributed by atoms with Crippen LogP contribution in [0.1, 0.15) is 31.9 Å². The fourth-order valence-corrected chi connectivity index (χ4v) is 3.32. The van der Waals surface area contributed by atoms with Gasteiger partial charge >= 0.3 is 6.18 Å². The average Bonchev–Trinajstić information content (AvgIpc) is 2.36. The minimum atomic E-state index is -4.60. The fourth-order valence-electron chi connectivity index (χ4n) is 1.80. The van der Waals surface area contributed by atoms with Gasteiger partial charge in [0.05, 0.1) is 11.0 Å². The van der Waals surface area contributed by atoms with Gasteiger partial charge in [0.2, 0.25) is 10.0 Å². The number of alkyl halides is 3. The van der Waals surface area contributed by atoms with Crippen molar-refractivity contribution < 1.29 is 26.7 Å². The first kappa shape index (κ1) is 17.9. The molecule has 0 bridgehead atoms. The van der Waals surface area contributed by atoms with Crippen LogP contribution in [0.15, 0.2) is 29.2 Å². The molecule has 0 amide bonds. The molecular formula is C13H18F3NO3S. The summed E-state index contributed by atoms with van der Waals surface area (Å²) in [5, 5.41) is 9.36. The van der Waals surface area contributed by atoms with E-state index in [0.717, 1.165) is 0 Å². The Labute approximate surface area is 122 Å². The Morgan fingerprint density at radius 1 is 1.24 bits per heavy atom. The van der Waals surface area contributed by atoms with E-state index in [9.17, 15) is 26.7 Å². The molecule has 0 aliphatic carbocycles. The van der Waals surface area contributed by atoms with E-state index >= 15 is 0 Å². The Balaban J connectivity index is 3.10. The zero-order valence-corrected chi connectivity index (χ0v) is 12.6. The van der Waals surface area contributed by atoms with Crippen molar-refractivity contribution in [1.82, 2.24) is 4.31 Å². The Kier molecular flexibility index (Phi) is 5.77. The lowest BCUT2D eigenvalue weighted by atomic mass is 10.1. The van der Waals surface area contributed by atoms with Crippen molar-refractivity contribution in [2.24, 2.45) is 0 Å². The van der Waals surface area contributed by atoms with Gasteiger partial charge < -0.3 is 5.11 Å². The molecule has 0 aliphatic heterocycles. The molecule has 0 aromatic heterocycles. The van der Waals surface area contributed by atoms with Crippen molar-refractivity contribution in [1.29, 1.82) is 0 Å². The molecule has 0 fully saturated rings. The van der Waals surface area contributed by atoms with E-state index in [1.165, 1.54) is 31.2 Å². The quantitative estimate of drug-likeness (QED) is 0.875. The molecule has 120 valence electrons. The summed E-state index contributed by atoms with van der Waals surface area (Å²) >= 11 is 0. The van der Waals surface area contributed by atoms with E-state index in [1.54, 1.807) is 6.92 Å². The highest BCUT2D eigenvalue weighted by molar-refractivity contribution is 7.89. The van der Waals surface area contributed by atoms with E-state index < -0.39 is 28.8 Å². The van der Waals surface area contributed by atoms with Crippen LogP contribution in [0.5, 0.6) is 0 Å². The van der Waals surface area contributed by atoms with Crippen molar-refractivity contribution in [2.75, 3.05) is 13.1 Å². The molecule has 1 aromatic rings. The van der Waals surface area contributed by atoms with Crippen molar-refractivity contribution in [3.63, 3.8) is 0 Å². The van der Waals surface area contributed by atoms with Crippen LogP contribution in [0.4, 0.5) is 13.2 Å². The fraction of sp³-hybridized carbons (Fsp3) is 0.538. The molecule has 0 saturated heterocycles. The van der Waals surface area contributed by atoms with Gasteiger partial charge in [0, 0.05) is 6.54 Å². The van der Waals surface area contributed by atoms with Gasteiger partial charge in [-0.1, -0.05) is 19.1 Å². The summed E-state index contributed by atoms with van der Waals surface area (Å²) in [5.41, 5.74) is 0.492. The van der Waals surface area contributed by atoms with Gasteiger partial charge in [-0.15, -0.1) is 0 Å². The minimum Gasteiger partial charge on any atom is -0.389 e. The molecule has 0 aliphatic rings. The van der Waals surface area contributed by atoms with Crippen LogP contribution in [0.3, 0.4) is 0 Å². The molecule has 0 spiro atoms. The summed E-state index contributed by atoms with van der Waals surface area (Å²) in [6.45, 7) is 1.40. The molecular weight excluding hydrogens is 307 g/mol. The standard InChI is InChI=1S/C13H18F3NO3S/c1-3-8-17(9-13(14,15)16)21(19,20)12-6-4-11(5-7-12)10(2)18/h4-7,10,18H,3,8-9H2,1-2H3. The predicted molar refractivity (Wildman–Crippen MR) is 72.2 cm³/mol. The molecule has 1 unspecified atom stereocenters. The third-order valence-corrected chi connectivity index (χ3v) is 4.69. The van der Waals surface area contributed by atoms with E-state index in [0.29, 0.717) is 9.87 Å². The van der Waals surface area contributed by atoms with Gasteiger partial charge in [-0.3, -0.25) is 0 Å². The summed E-state index contributed by atoms with van der Waals surface area (Å²) in [4.78, 5) is -0.218. The highest BCUT2D eigenvalue weighted by Gasteiger charge is 2.36. The zero-order valence-electron chi connectivity index (χ0n) is 11.8. The van der Waals surface area contributed by atoms with Crippen LogP contribution in [0.25, 0.3) is 0 Å². The summed E-state index contributed by atoms with van der Waals surface area (Å²) < 4.78 is 62.4. The van der Waals surface area contributed by atoms with Crippen molar-refractivity contribution >= 4 is 10.0 Å². The molecule has 4 nitrogen and oxygen atoms in total. The van der Waals surface area contributed by atoms with Gasteiger partial charge in [0.1, 0.15) is 6.54 Å². The molecule has 0 radical (unpaired) electrons. The molecule has 1 rings (SSSR count). The lowest BCUT2D eigenvalue weighted by Crippen LogP contribution is -2.39.